The lowest BCUT2D eigenvalue weighted by Crippen LogP contribution is -2.44. The number of anilines is 1. The highest BCUT2D eigenvalue weighted by molar-refractivity contribution is 6.00. The smallest absolute Gasteiger partial charge is 0.248 e. The summed E-state index contributed by atoms with van der Waals surface area (Å²) in [5.41, 5.74) is 10.4. The Hall–Kier alpha value is -3.39. The molecule has 8 heteroatoms. The van der Waals surface area contributed by atoms with Crippen LogP contribution in [0.2, 0.25) is 0 Å². The molecule has 0 atom stereocenters. The average molecular weight is 375 g/mol. The Morgan fingerprint density at radius 2 is 1.89 bits per heavy atom. The zero-order valence-electron chi connectivity index (χ0n) is 15.6. The van der Waals surface area contributed by atoms with E-state index in [4.69, 9.17) is 10.7 Å². The van der Waals surface area contributed by atoms with E-state index in [2.05, 4.69) is 44.2 Å². The minimum Gasteiger partial charge on any atom is -0.369 e. The van der Waals surface area contributed by atoms with Crippen LogP contribution < -0.4 is 10.6 Å². The van der Waals surface area contributed by atoms with Gasteiger partial charge in [0.25, 0.3) is 0 Å². The van der Waals surface area contributed by atoms with Gasteiger partial charge in [-0.1, -0.05) is 0 Å². The van der Waals surface area contributed by atoms with Gasteiger partial charge in [-0.3, -0.25) is 9.89 Å². The van der Waals surface area contributed by atoms with Crippen molar-refractivity contribution in [1.82, 2.24) is 25.1 Å². The number of nitrogens with one attached hydrogen (secondary N) is 2. The Balaban J connectivity index is 1.54. The molecule has 8 nitrogen and oxygen atoms in total. The van der Waals surface area contributed by atoms with Gasteiger partial charge in [0, 0.05) is 42.8 Å². The summed E-state index contributed by atoms with van der Waals surface area (Å²) in [6, 6.07) is 11.5. The summed E-state index contributed by atoms with van der Waals surface area (Å²) in [6.07, 6.45) is 0. The fourth-order valence-corrected chi connectivity index (χ4v) is 3.72. The SMILES string of the molecule is CN1CCN(c2ccc3nc(-c4n[nH]c5ccc(C(N)=O)cc45)[nH]c3c2)CC1. The molecule has 0 saturated carbocycles. The molecule has 1 saturated heterocycles. The number of nitrogens with two attached hydrogens (primary N) is 1. The van der Waals surface area contributed by atoms with E-state index < -0.39 is 5.91 Å². The number of fused-ring (bicyclic) bond motifs is 2. The maximum atomic E-state index is 11.5. The van der Waals surface area contributed by atoms with Gasteiger partial charge in [0.2, 0.25) is 5.91 Å². The number of carbonyl (C=O) groups excluding carboxylic acids is 1. The number of aromatic nitrogens is 4. The molecule has 2 aromatic heterocycles. The van der Waals surface area contributed by atoms with Crippen LogP contribution in [0.1, 0.15) is 10.4 Å². The molecule has 0 unspecified atom stereocenters. The number of benzene rings is 2. The van der Waals surface area contributed by atoms with Crippen molar-refractivity contribution in [2.45, 2.75) is 0 Å². The number of H-pyrrole nitrogens is 2. The molecular formula is C20H21N7O. The van der Waals surface area contributed by atoms with E-state index in [1.54, 1.807) is 18.2 Å². The van der Waals surface area contributed by atoms with Gasteiger partial charge in [0.05, 0.1) is 16.6 Å². The number of rotatable bonds is 3. The number of carbonyl (C=O) groups is 1. The molecule has 1 amide bonds. The van der Waals surface area contributed by atoms with Crippen LogP contribution in [0, 0.1) is 0 Å². The number of hydrogen-bond acceptors (Lipinski definition) is 5. The number of primary amides is 1. The van der Waals surface area contributed by atoms with Gasteiger partial charge in [-0.15, -0.1) is 0 Å². The van der Waals surface area contributed by atoms with E-state index >= 15 is 0 Å². The van der Waals surface area contributed by atoms with E-state index in [9.17, 15) is 4.79 Å². The van der Waals surface area contributed by atoms with Gasteiger partial charge in [-0.2, -0.15) is 5.10 Å². The van der Waals surface area contributed by atoms with Crippen LogP contribution in [-0.4, -0.2) is 64.2 Å². The molecule has 1 aliphatic heterocycles. The van der Waals surface area contributed by atoms with Crippen molar-refractivity contribution in [2.75, 3.05) is 38.1 Å². The molecule has 0 bridgehead atoms. The van der Waals surface area contributed by atoms with Gasteiger partial charge < -0.3 is 20.5 Å². The number of nitrogens with zero attached hydrogens (tertiary/aromatic N) is 4. The van der Waals surface area contributed by atoms with Crippen LogP contribution in [0.5, 0.6) is 0 Å². The van der Waals surface area contributed by atoms with Crippen LogP contribution in [-0.2, 0) is 0 Å². The quantitative estimate of drug-likeness (QED) is 0.507. The largest absolute Gasteiger partial charge is 0.369 e. The van der Waals surface area contributed by atoms with Crippen molar-refractivity contribution in [3.8, 4) is 11.5 Å². The third kappa shape index (κ3) is 2.78. The van der Waals surface area contributed by atoms with Crippen LogP contribution in [0.25, 0.3) is 33.5 Å². The first-order chi connectivity index (χ1) is 13.6. The zero-order chi connectivity index (χ0) is 19.3. The van der Waals surface area contributed by atoms with Crippen LogP contribution in [0.3, 0.4) is 0 Å². The molecule has 4 N–H and O–H groups in total. The molecule has 28 heavy (non-hydrogen) atoms. The molecule has 142 valence electrons. The third-order valence-electron chi connectivity index (χ3n) is 5.41. The Morgan fingerprint density at radius 3 is 2.68 bits per heavy atom. The van der Waals surface area contributed by atoms with Gasteiger partial charge >= 0.3 is 0 Å². The summed E-state index contributed by atoms with van der Waals surface area (Å²) in [5.74, 6) is 0.203. The first kappa shape index (κ1) is 16.8. The monoisotopic (exact) mass is 375 g/mol. The Bertz CT molecular complexity index is 1180. The Kier molecular flexibility index (Phi) is 3.80. The highest BCUT2D eigenvalue weighted by Crippen LogP contribution is 2.28. The first-order valence-corrected chi connectivity index (χ1v) is 9.30. The molecule has 1 aliphatic rings. The summed E-state index contributed by atoms with van der Waals surface area (Å²) < 4.78 is 0. The van der Waals surface area contributed by atoms with Crippen LogP contribution in [0.15, 0.2) is 36.4 Å². The van der Waals surface area contributed by atoms with E-state index in [1.807, 2.05) is 6.07 Å². The molecule has 1 fully saturated rings. The number of aromatic amines is 2. The van der Waals surface area contributed by atoms with Gasteiger partial charge in [0.1, 0.15) is 5.69 Å². The third-order valence-corrected chi connectivity index (χ3v) is 5.41. The van der Waals surface area contributed by atoms with Gasteiger partial charge in [-0.05, 0) is 43.4 Å². The highest BCUT2D eigenvalue weighted by Gasteiger charge is 2.17. The minimum atomic E-state index is -0.463. The van der Waals surface area contributed by atoms with Crippen LogP contribution in [0.4, 0.5) is 5.69 Å². The maximum absolute atomic E-state index is 11.5. The second-order valence-electron chi connectivity index (χ2n) is 7.27. The predicted octanol–water partition coefficient (Wildman–Crippen LogP) is 1.96. The van der Waals surface area contributed by atoms with Gasteiger partial charge in [-0.25, -0.2) is 4.98 Å². The van der Waals surface area contributed by atoms with E-state index in [0.29, 0.717) is 17.1 Å². The molecular weight excluding hydrogens is 354 g/mol. The van der Waals surface area contributed by atoms with E-state index in [-0.39, 0.29) is 0 Å². The fourth-order valence-electron chi connectivity index (χ4n) is 3.72. The van der Waals surface area contributed by atoms with Crippen molar-refractivity contribution in [3.05, 3.63) is 42.0 Å². The number of amides is 1. The second kappa shape index (κ2) is 6.35. The minimum absolute atomic E-state index is 0.448. The maximum Gasteiger partial charge on any atom is 0.248 e. The number of likely N-dealkylation sites (N-methyl/N-ethyl adjacent to an activating group) is 1. The summed E-state index contributed by atoms with van der Waals surface area (Å²) >= 11 is 0. The predicted molar refractivity (Wildman–Crippen MR) is 109 cm³/mol. The standard InChI is InChI=1S/C20H21N7O/c1-26-6-8-27(9-7-26)13-3-5-16-17(11-13)23-20(22-16)18-14-10-12(19(21)28)2-4-15(14)24-25-18/h2-5,10-11H,6-9H2,1H3,(H2,21,28)(H,22,23)(H,24,25). The Labute approximate surface area is 161 Å². The van der Waals surface area contributed by atoms with Gasteiger partial charge in [0.15, 0.2) is 5.82 Å². The molecule has 0 aliphatic carbocycles. The fraction of sp³-hybridized carbons (Fsp3) is 0.250. The lowest BCUT2D eigenvalue weighted by molar-refractivity contribution is 0.100. The summed E-state index contributed by atoms with van der Waals surface area (Å²) in [7, 11) is 2.15. The van der Waals surface area contributed by atoms with E-state index in [0.717, 1.165) is 48.1 Å². The second-order valence-corrected chi connectivity index (χ2v) is 7.27. The summed E-state index contributed by atoms with van der Waals surface area (Å²) in [4.78, 5) is 24.3. The van der Waals surface area contributed by atoms with Crippen molar-refractivity contribution in [3.63, 3.8) is 0 Å². The molecule has 0 radical (unpaired) electrons. The molecule has 2 aromatic carbocycles. The number of imidazole rings is 1. The summed E-state index contributed by atoms with van der Waals surface area (Å²) in [5, 5.41) is 8.20. The summed E-state index contributed by atoms with van der Waals surface area (Å²) in [6.45, 7) is 4.16. The molecule has 5 rings (SSSR count). The van der Waals surface area contributed by atoms with Crippen molar-refractivity contribution >= 4 is 33.5 Å². The van der Waals surface area contributed by atoms with Crippen molar-refractivity contribution in [1.29, 1.82) is 0 Å². The average Bonchev–Trinajstić information content (AvgIpc) is 3.31. The normalized spacial score (nSPS) is 15.5. The number of hydrogen-bond donors (Lipinski definition) is 3. The lowest BCUT2D eigenvalue weighted by Gasteiger charge is -2.34. The zero-order valence-corrected chi connectivity index (χ0v) is 15.6. The molecule has 0 spiro atoms. The van der Waals surface area contributed by atoms with Crippen molar-refractivity contribution in [2.24, 2.45) is 5.73 Å². The first-order valence-electron chi connectivity index (χ1n) is 9.30. The van der Waals surface area contributed by atoms with Crippen LogP contribution >= 0.6 is 0 Å². The van der Waals surface area contributed by atoms with Crippen molar-refractivity contribution < 1.29 is 4.79 Å². The number of piperazine rings is 1. The highest BCUT2D eigenvalue weighted by atomic mass is 16.1. The lowest BCUT2D eigenvalue weighted by atomic mass is 10.1. The van der Waals surface area contributed by atoms with E-state index in [1.165, 1.54) is 5.69 Å². The molecule has 3 heterocycles. The topological polar surface area (TPSA) is 107 Å². The molecule has 4 aromatic rings. The Morgan fingerprint density at radius 1 is 1.07 bits per heavy atom.